The molecule has 0 atom stereocenters. The van der Waals surface area contributed by atoms with Crippen LogP contribution in [0.25, 0.3) is 10.9 Å². The van der Waals surface area contributed by atoms with Crippen LogP contribution in [0.1, 0.15) is 16.1 Å². The lowest BCUT2D eigenvalue weighted by molar-refractivity contribution is 0.0943. The quantitative estimate of drug-likeness (QED) is 0.779. The van der Waals surface area contributed by atoms with E-state index < -0.39 is 11.3 Å². The lowest BCUT2D eigenvalue weighted by atomic mass is 10.2. The minimum atomic E-state index is -0.544. The van der Waals surface area contributed by atoms with Crippen LogP contribution in [-0.2, 0) is 13.6 Å². The summed E-state index contributed by atoms with van der Waals surface area (Å²) in [4.78, 5) is 24.9. The Morgan fingerprint density at radius 2 is 1.92 bits per heavy atom. The van der Waals surface area contributed by atoms with E-state index in [4.69, 9.17) is 23.2 Å². The number of fused-ring (bicyclic) bond motifs is 1. The molecule has 0 radical (unpaired) electrons. The number of aryl methyl sites for hydroxylation is 1. The zero-order valence-electron chi connectivity index (χ0n) is 12.7. The van der Waals surface area contributed by atoms with Crippen molar-refractivity contribution in [3.63, 3.8) is 0 Å². The molecule has 0 aliphatic rings. The SMILES string of the molecule is Cn1nc(C(=O)NCc2cccc(Cl)c2)c(=O)c2cc(Cl)ccc21. The summed E-state index contributed by atoms with van der Waals surface area (Å²) < 4.78 is 1.49. The molecule has 1 heterocycles. The average Bonchev–Trinajstić information content (AvgIpc) is 2.56. The van der Waals surface area contributed by atoms with Gasteiger partial charge < -0.3 is 5.32 Å². The summed E-state index contributed by atoms with van der Waals surface area (Å²) in [6.45, 7) is 0.248. The van der Waals surface area contributed by atoms with Gasteiger partial charge in [-0.3, -0.25) is 14.3 Å². The van der Waals surface area contributed by atoms with Crippen molar-refractivity contribution >= 4 is 40.0 Å². The van der Waals surface area contributed by atoms with Gasteiger partial charge in [0, 0.05) is 23.6 Å². The number of benzene rings is 2. The van der Waals surface area contributed by atoms with Crippen molar-refractivity contribution in [2.75, 3.05) is 0 Å². The zero-order valence-corrected chi connectivity index (χ0v) is 14.2. The van der Waals surface area contributed by atoms with E-state index in [0.29, 0.717) is 20.9 Å². The molecule has 0 saturated carbocycles. The molecule has 3 rings (SSSR count). The first kappa shape index (κ1) is 16.5. The number of carbonyl (C=O) groups is 1. The van der Waals surface area contributed by atoms with Crippen molar-refractivity contribution in [2.45, 2.75) is 6.54 Å². The lowest BCUT2D eigenvalue weighted by Crippen LogP contribution is -2.31. The maximum Gasteiger partial charge on any atom is 0.276 e. The number of halogens is 2. The predicted molar refractivity (Wildman–Crippen MR) is 94.6 cm³/mol. The van der Waals surface area contributed by atoms with Gasteiger partial charge in [-0.15, -0.1) is 0 Å². The summed E-state index contributed by atoms with van der Waals surface area (Å²) in [5, 5.41) is 8.13. The first-order valence-electron chi connectivity index (χ1n) is 7.15. The minimum absolute atomic E-state index is 0.172. The fourth-order valence-electron chi connectivity index (χ4n) is 2.41. The summed E-state index contributed by atoms with van der Waals surface area (Å²) >= 11 is 11.9. The van der Waals surface area contributed by atoms with Gasteiger partial charge in [0.05, 0.1) is 10.9 Å². The van der Waals surface area contributed by atoms with Gasteiger partial charge >= 0.3 is 0 Å². The van der Waals surface area contributed by atoms with E-state index in [1.165, 1.54) is 10.7 Å². The molecule has 0 aliphatic heterocycles. The number of hydrogen-bond acceptors (Lipinski definition) is 3. The number of nitrogens with one attached hydrogen (secondary N) is 1. The predicted octanol–water partition coefficient (Wildman–Crippen LogP) is 3.17. The van der Waals surface area contributed by atoms with Crippen LogP contribution in [0.3, 0.4) is 0 Å². The topological polar surface area (TPSA) is 64.0 Å². The van der Waals surface area contributed by atoms with E-state index in [1.807, 2.05) is 6.07 Å². The largest absolute Gasteiger partial charge is 0.346 e. The first-order valence-corrected chi connectivity index (χ1v) is 7.90. The Morgan fingerprint density at radius 3 is 2.67 bits per heavy atom. The highest BCUT2D eigenvalue weighted by Crippen LogP contribution is 2.16. The van der Waals surface area contributed by atoms with Gasteiger partial charge in [0.2, 0.25) is 5.43 Å². The van der Waals surface area contributed by atoms with E-state index in [1.54, 1.807) is 37.4 Å². The van der Waals surface area contributed by atoms with E-state index in [2.05, 4.69) is 10.4 Å². The maximum atomic E-state index is 12.5. The van der Waals surface area contributed by atoms with E-state index in [9.17, 15) is 9.59 Å². The van der Waals surface area contributed by atoms with Crippen molar-refractivity contribution in [1.82, 2.24) is 15.1 Å². The Hall–Kier alpha value is -2.37. The molecular weight excluding hydrogens is 349 g/mol. The van der Waals surface area contributed by atoms with Gasteiger partial charge in [-0.05, 0) is 35.9 Å². The van der Waals surface area contributed by atoms with Crippen molar-refractivity contribution in [3.8, 4) is 0 Å². The highest BCUT2D eigenvalue weighted by Gasteiger charge is 2.16. The number of nitrogens with zero attached hydrogens (tertiary/aromatic N) is 2. The third kappa shape index (κ3) is 3.27. The Labute approximate surface area is 147 Å². The zero-order chi connectivity index (χ0) is 17.3. The molecular formula is C17H13Cl2N3O2. The molecule has 5 nitrogen and oxygen atoms in total. The van der Waals surface area contributed by atoms with Crippen LogP contribution in [0.2, 0.25) is 10.0 Å². The second-order valence-electron chi connectivity index (χ2n) is 5.28. The fourth-order valence-corrected chi connectivity index (χ4v) is 2.80. The van der Waals surface area contributed by atoms with Crippen molar-refractivity contribution < 1.29 is 4.79 Å². The molecule has 0 bridgehead atoms. The normalized spacial score (nSPS) is 10.8. The summed E-state index contributed by atoms with van der Waals surface area (Å²) in [7, 11) is 1.67. The van der Waals surface area contributed by atoms with Gasteiger partial charge in [0.25, 0.3) is 5.91 Å². The molecule has 0 spiro atoms. The van der Waals surface area contributed by atoms with Crippen molar-refractivity contribution in [1.29, 1.82) is 0 Å². The Morgan fingerprint density at radius 1 is 1.17 bits per heavy atom. The summed E-state index contributed by atoms with van der Waals surface area (Å²) in [6, 6.07) is 12.0. The number of amides is 1. The molecule has 0 saturated heterocycles. The van der Waals surface area contributed by atoms with Crippen LogP contribution in [0.5, 0.6) is 0 Å². The van der Waals surface area contributed by atoms with Crippen LogP contribution < -0.4 is 10.7 Å². The van der Waals surface area contributed by atoms with E-state index in [0.717, 1.165) is 5.56 Å². The smallest absolute Gasteiger partial charge is 0.276 e. The van der Waals surface area contributed by atoms with E-state index in [-0.39, 0.29) is 12.2 Å². The fraction of sp³-hybridized carbons (Fsp3) is 0.118. The molecule has 0 fully saturated rings. The van der Waals surface area contributed by atoms with Gasteiger partial charge in [-0.25, -0.2) is 0 Å². The molecule has 3 aromatic rings. The van der Waals surface area contributed by atoms with Gasteiger partial charge in [0.1, 0.15) is 0 Å². The van der Waals surface area contributed by atoms with Crippen molar-refractivity contribution in [2.24, 2.45) is 7.05 Å². The molecule has 0 aliphatic carbocycles. The average molecular weight is 362 g/mol. The number of aromatic nitrogens is 2. The van der Waals surface area contributed by atoms with Gasteiger partial charge in [-0.2, -0.15) is 5.10 Å². The molecule has 1 N–H and O–H groups in total. The minimum Gasteiger partial charge on any atom is -0.346 e. The van der Waals surface area contributed by atoms with Crippen molar-refractivity contribution in [3.05, 3.63) is 74.0 Å². The maximum absolute atomic E-state index is 12.5. The van der Waals surface area contributed by atoms with E-state index >= 15 is 0 Å². The molecule has 1 aromatic heterocycles. The highest BCUT2D eigenvalue weighted by molar-refractivity contribution is 6.31. The Balaban J connectivity index is 1.92. The van der Waals surface area contributed by atoms with Crippen LogP contribution in [0.15, 0.2) is 47.3 Å². The standard InChI is InChI=1S/C17H13Cl2N3O2/c1-22-14-6-5-12(19)8-13(14)16(23)15(21-22)17(24)20-9-10-3-2-4-11(18)7-10/h2-8H,9H2,1H3,(H,20,24). The highest BCUT2D eigenvalue weighted by atomic mass is 35.5. The monoisotopic (exact) mass is 361 g/mol. The molecule has 24 heavy (non-hydrogen) atoms. The summed E-state index contributed by atoms with van der Waals surface area (Å²) in [5.74, 6) is -0.544. The van der Waals surface area contributed by atoms with Crippen LogP contribution in [0, 0.1) is 0 Å². The summed E-state index contributed by atoms with van der Waals surface area (Å²) in [5.41, 5.74) is 0.816. The third-order valence-electron chi connectivity index (χ3n) is 3.57. The second kappa shape index (κ2) is 6.63. The number of hydrogen-bond donors (Lipinski definition) is 1. The van der Waals surface area contributed by atoms with Gasteiger partial charge in [0.15, 0.2) is 5.69 Å². The summed E-state index contributed by atoms with van der Waals surface area (Å²) in [6.07, 6.45) is 0. The molecule has 0 unspecified atom stereocenters. The second-order valence-corrected chi connectivity index (χ2v) is 6.15. The van der Waals surface area contributed by atoms with Crippen LogP contribution in [0.4, 0.5) is 0 Å². The lowest BCUT2D eigenvalue weighted by Gasteiger charge is -2.09. The Kier molecular flexibility index (Phi) is 4.55. The molecule has 2 aromatic carbocycles. The number of carbonyl (C=O) groups excluding carboxylic acids is 1. The van der Waals surface area contributed by atoms with Crippen LogP contribution >= 0.6 is 23.2 Å². The third-order valence-corrected chi connectivity index (χ3v) is 4.04. The Bertz CT molecular complexity index is 999. The number of rotatable bonds is 3. The first-order chi connectivity index (χ1) is 11.5. The molecule has 122 valence electrons. The van der Waals surface area contributed by atoms with Crippen LogP contribution in [-0.4, -0.2) is 15.7 Å². The molecule has 7 heteroatoms. The van der Waals surface area contributed by atoms with Gasteiger partial charge in [-0.1, -0.05) is 35.3 Å². The molecule has 1 amide bonds.